The van der Waals surface area contributed by atoms with Crippen LogP contribution in [0, 0.1) is 17.8 Å². The van der Waals surface area contributed by atoms with Gasteiger partial charge in [-0.15, -0.1) is 0 Å². The van der Waals surface area contributed by atoms with E-state index in [1.807, 2.05) is 0 Å². The molecule has 15 heavy (non-hydrogen) atoms. The molecule has 1 N–H and O–H groups in total. The zero-order valence-electron chi connectivity index (χ0n) is 9.52. The molecule has 3 aliphatic carbocycles. The molecule has 0 aromatic carbocycles. The van der Waals surface area contributed by atoms with E-state index in [-0.39, 0.29) is 0 Å². The minimum absolute atomic E-state index is 0.704. The third-order valence-electron chi connectivity index (χ3n) is 4.48. The van der Waals surface area contributed by atoms with E-state index in [1.54, 1.807) is 0 Å². The molecule has 1 fully saturated rings. The molecule has 0 aromatic rings. The molecule has 4 atom stereocenters. The van der Waals surface area contributed by atoms with Gasteiger partial charge in [0.2, 0.25) is 0 Å². The predicted molar refractivity (Wildman–Crippen MR) is 63.6 cm³/mol. The molecule has 3 rings (SSSR count). The Balaban J connectivity index is 1.56. The van der Waals surface area contributed by atoms with Crippen LogP contribution in [0.2, 0.25) is 0 Å². The molecular weight excluding hydrogens is 182 g/mol. The third kappa shape index (κ3) is 1.78. The van der Waals surface area contributed by atoms with E-state index in [4.69, 9.17) is 0 Å². The average Bonchev–Trinajstić information content (AvgIpc) is 2.93. The van der Waals surface area contributed by atoms with Gasteiger partial charge in [0.25, 0.3) is 0 Å². The Morgan fingerprint density at radius 2 is 1.93 bits per heavy atom. The fourth-order valence-electron chi connectivity index (χ4n) is 3.65. The second kappa shape index (κ2) is 3.79. The maximum atomic E-state index is 3.81. The molecule has 4 unspecified atom stereocenters. The maximum Gasteiger partial charge on any atom is 0.0139 e. The molecule has 0 saturated heterocycles. The summed E-state index contributed by atoms with van der Waals surface area (Å²) in [6, 6.07) is 1.43. The number of rotatable bonds is 3. The first-order valence-corrected chi connectivity index (χ1v) is 6.42. The molecule has 82 valence electrons. The van der Waals surface area contributed by atoms with Gasteiger partial charge in [0.15, 0.2) is 0 Å². The second-order valence-corrected chi connectivity index (χ2v) is 5.54. The van der Waals surface area contributed by atoms with Crippen LogP contribution < -0.4 is 5.32 Å². The summed E-state index contributed by atoms with van der Waals surface area (Å²) in [5.41, 5.74) is 0. The Morgan fingerprint density at radius 1 is 1.13 bits per heavy atom. The van der Waals surface area contributed by atoms with E-state index in [1.165, 1.54) is 25.7 Å². The smallest absolute Gasteiger partial charge is 0.0139 e. The van der Waals surface area contributed by atoms with Gasteiger partial charge in [-0.3, -0.25) is 0 Å². The lowest BCUT2D eigenvalue weighted by atomic mass is 9.87. The summed E-state index contributed by atoms with van der Waals surface area (Å²) < 4.78 is 0. The zero-order chi connectivity index (χ0) is 10.3. The van der Waals surface area contributed by atoms with Crippen LogP contribution in [0.25, 0.3) is 0 Å². The molecule has 1 saturated carbocycles. The summed E-state index contributed by atoms with van der Waals surface area (Å²) in [5, 5.41) is 3.81. The topological polar surface area (TPSA) is 12.0 Å². The number of fused-ring (bicyclic) bond motifs is 2. The first-order chi connectivity index (χ1) is 7.33. The Morgan fingerprint density at radius 3 is 2.53 bits per heavy atom. The Bertz CT molecular complexity index is 284. The van der Waals surface area contributed by atoms with Crippen LogP contribution in [0.4, 0.5) is 0 Å². The SMILES string of the molecule is CC(NC1CC=CC1)C1CC2C=CC1C2. The molecule has 1 nitrogen and oxygen atoms in total. The lowest BCUT2D eigenvalue weighted by Crippen LogP contribution is -2.41. The highest BCUT2D eigenvalue weighted by Gasteiger charge is 2.38. The van der Waals surface area contributed by atoms with Crippen LogP contribution in [0.15, 0.2) is 24.3 Å². The van der Waals surface area contributed by atoms with Crippen molar-refractivity contribution in [2.75, 3.05) is 0 Å². The van der Waals surface area contributed by atoms with Crippen molar-refractivity contribution in [3.63, 3.8) is 0 Å². The summed E-state index contributed by atoms with van der Waals surface area (Å²) in [5.74, 6) is 2.69. The molecule has 1 heteroatoms. The van der Waals surface area contributed by atoms with Crippen LogP contribution >= 0.6 is 0 Å². The molecule has 0 aromatic heterocycles. The third-order valence-corrected chi connectivity index (χ3v) is 4.48. The predicted octanol–water partition coefficient (Wildman–Crippen LogP) is 2.90. The molecule has 3 aliphatic rings. The van der Waals surface area contributed by atoms with Gasteiger partial charge < -0.3 is 5.32 Å². The molecular formula is C14H21N. The summed E-state index contributed by atoms with van der Waals surface area (Å²) in [6.07, 6.45) is 14.8. The lowest BCUT2D eigenvalue weighted by molar-refractivity contribution is 0.303. The number of nitrogens with one attached hydrogen (secondary N) is 1. The number of allylic oxidation sites excluding steroid dienone is 2. The number of hydrogen-bond acceptors (Lipinski definition) is 1. The van der Waals surface area contributed by atoms with Gasteiger partial charge in [0.05, 0.1) is 0 Å². The highest BCUT2D eigenvalue weighted by Crippen LogP contribution is 2.44. The van der Waals surface area contributed by atoms with Crippen LogP contribution in [-0.4, -0.2) is 12.1 Å². The van der Waals surface area contributed by atoms with Crippen molar-refractivity contribution in [1.82, 2.24) is 5.32 Å². The van der Waals surface area contributed by atoms with Crippen molar-refractivity contribution in [2.24, 2.45) is 17.8 Å². The fourth-order valence-corrected chi connectivity index (χ4v) is 3.65. The quantitative estimate of drug-likeness (QED) is 0.695. The van der Waals surface area contributed by atoms with Crippen molar-refractivity contribution in [3.05, 3.63) is 24.3 Å². The van der Waals surface area contributed by atoms with Crippen molar-refractivity contribution in [3.8, 4) is 0 Å². The van der Waals surface area contributed by atoms with Crippen molar-refractivity contribution in [1.29, 1.82) is 0 Å². The van der Waals surface area contributed by atoms with Gasteiger partial charge >= 0.3 is 0 Å². The number of hydrogen-bond donors (Lipinski definition) is 1. The molecule has 0 aliphatic heterocycles. The van der Waals surface area contributed by atoms with Gasteiger partial charge in [-0.2, -0.15) is 0 Å². The Labute approximate surface area is 92.6 Å². The first-order valence-electron chi connectivity index (χ1n) is 6.42. The normalized spacial score (nSPS) is 40.5. The maximum absolute atomic E-state index is 3.81. The highest BCUT2D eigenvalue weighted by molar-refractivity contribution is 5.12. The van der Waals surface area contributed by atoms with E-state index >= 15 is 0 Å². The van der Waals surface area contributed by atoms with Crippen LogP contribution in [0.3, 0.4) is 0 Å². The standard InChI is InChI=1S/C14H21N/c1-10(15-13-4-2-3-5-13)14-9-11-6-7-12(14)8-11/h2-3,6-7,10-15H,4-5,8-9H2,1H3. The lowest BCUT2D eigenvalue weighted by Gasteiger charge is -2.29. The van der Waals surface area contributed by atoms with E-state index in [2.05, 4.69) is 36.5 Å². The summed E-state index contributed by atoms with van der Waals surface area (Å²) in [7, 11) is 0. The summed E-state index contributed by atoms with van der Waals surface area (Å²) in [6.45, 7) is 2.39. The van der Waals surface area contributed by atoms with Gasteiger partial charge in [-0.1, -0.05) is 24.3 Å². The van der Waals surface area contributed by atoms with Gasteiger partial charge in [0, 0.05) is 12.1 Å². The average molecular weight is 203 g/mol. The van der Waals surface area contributed by atoms with Crippen LogP contribution in [-0.2, 0) is 0 Å². The van der Waals surface area contributed by atoms with Gasteiger partial charge in [-0.05, 0) is 50.4 Å². The highest BCUT2D eigenvalue weighted by atomic mass is 15.0. The van der Waals surface area contributed by atoms with Gasteiger partial charge in [0.1, 0.15) is 0 Å². The molecule has 0 radical (unpaired) electrons. The zero-order valence-corrected chi connectivity index (χ0v) is 9.52. The Hall–Kier alpha value is -0.560. The van der Waals surface area contributed by atoms with Crippen molar-refractivity contribution >= 4 is 0 Å². The fraction of sp³-hybridized carbons (Fsp3) is 0.714. The van der Waals surface area contributed by atoms with Crippen LogP contribution in [0.5, 0.6) is 0 Å². The molecule has 2 bridgehead atoms. The second-order valence-electron chi connectivity index (χ2n) is 5.54. The van der Waals surface area contributed by atoms with Crippen LogP contribution in [0.1, 0.15) is 32.6 Å². The summed E-state index contributed by atoms with van der Waals surface area (Å²) >= 11 is 0. The van der Waals surface area contributed by atoms with Crippen molar-refractivity contribution in [2.45, 2.75) is 44.7 Å². The molecule has 0 heterocycles. The van der Waals surface area contributed by atoms with E-state index in [0.29, 0.717) is 6.04 Å². The Kier molecular flexibility index (Phi) is 2.44. The van der Waals surface area contributed by atoms with E-state index in [0.717, 1.165) is 23.8 Å². The van der Waals surface area contributed by atoms with Crippen molar-refractivity contribution < 1.29 is 0 Å². The van der Waals surface area contributed by atoms with E-state index in [9.17, 15) is 0 Å². The summed E-state index contributed by atoms with van der Waals surface area (Å²) in [4.78, 5) is 0. The minimum Gasteiger partial charge on any atom is -0.311 e. The van der Waals surface area contributed by atoms with Gasteiger partial charge in [-0.25, -0.2) is 0 Å². The molecule has 0 amide bonds. The first kappa shape index (κ1) is 9.65. The molecule has 0 spiro atoms. The monoisotopic (exact) mass is 203 g/mol. The van der Waals surface area contributed by atoms with E-state index < -0.39 is 0 Å². The largest absolute Gasteiger partial charge is 0.311 e. The minimum atomic E-state index is 0.704.